The van der Waals surface area contributed by atoms with E-state index < -0.39 is 28.2 Å². The van der Waals surface area contributed by atoms with Crippen LogP contribution in [0.15, 0.2) is 41.6 Å². The van der Waals surface area contributed by atoms with Gasteiger partial charge in [0.25, 0.3) is 11.8 Å². The highest BCUT2D eigenvalue weighted by Crippen LogP contribution is 2.37. The molecule has 0 unspecified atom stereocenters. The number of carbonyl (C=O) groups excluding carboxylic acids is 2. The molecule has 5 nitrogen and oxygen atoms in total. The van der Waals surface area contributed by atoms with Crippen molar-refractivity contribution in [1.29, 1.82) is 0 Å². The summed E-state index contributed by atoms with van der Waals surface area (Å²) < 4.78 is 38.2. The van der Waals surface area contributed by atoms with Crippen molar-refractivity contribution in [3.63, 3.8) is 0 Å². The number of hydrogen-bond donors (Lipinski definition) is 0. The highest BCUT2D eigenvalue weighted by atomic mass is 35.5. The van der Waals surface area contributed by atoms with Gasteiger partial charge in [-0.05, 0) is 30.3 Å². The molecule has 2 amide bonds. The molecule has 1 fully saturated rings. The van der Waals surface area contributed by atoms with Crippen LogP contribution in [0, 0.1) is 0 Å². The van der Waals surface area contributed by atoms with Gasteiger partial charge in [-0.2, -0.15) is 13.2 Å². The fourth-order valence-electron chi connectivity index (χ4n) is 2.89. The molecular formula is C18H14Cl2F3N3O2S. The average molecular weight is 464 g/mol. The molecule has 1 saturated heterocycles. The van der Waals surface area contributed by atoms with Gasteiger partial charge >= 0.3 is 5.51 Å². The maximum Gasteiger partial charge on any atom is 0.447 e. The van der Waals surface area contributed by atoms with E-state index in [0.717, 1.165) is 0 Å². The zero-order valence-electron chi connectivity index (χ0n) is 14.7. The SMILES string of the molecule is O=C(c1cc(Cl)cc(Cl)c1)N1CCN(C(=O)c2cccnc2SC(F)(F)F)CC1. The van der Waals surface area contributed by atoms with Gasteiger partial charge in [-0.25, -0.2) is 4.98 Å². The van der Waals surface area contributed by atoms with Gasteiger partial charge < -0.3 is 9.80 Å². The second-order valence-corrected chi connectivity index (χ2v) is 8.07. The number of rotatable bonds is 3. The number of pyridine rings is 1. The molecule has 2 aromatic rings. The molecule has 11 heteroatoms. The summed E-state index contributed by atoms with van der Waals surface area (Å²) in [6.07, 6.45) is 1.21. The number of alkyl halides is 3. The molecule has 1 aromatic carbocycles. The van der Waals surface area contributed by atoms with Crippen LogP contribution in [0.1, 0.15) is 20.7 Å². The van der Waals surface area contributed by atoms with Crippen LogP contribution in [0.3, 0.4) is 0 Å². The summed E-state index contributed by atoms with van der Waals surface area (Å²) in [5.41, 5.74) is -4.33. The summed E-state index contributed by atoms with van der Waals surface area (Å²) in [6, 6.07) is 7.25. The normalized spacial score (nSPS) is 14.8. The molecule has 1 aliphatic rings. The summed E-state index contributed by atoms with van der Waals surface area (Å²) >= 11 is 11.4. The molecule has 3 rings (SSSR count). The first kappa shape index (κ1) is 21.7. The zero-order chi connectivity index (χ0) is 21.2. The quantitative estimate of drug-likeness (QED) is 0.624. The van der Waals surface area contributed by atoms with Crippen molar-refractivity contribution in [3.05, 3.63) is 57.7 Å². The Kier molecular flexibility index (Phi) is 6.60. The smallest absolute Gasteiger partial charge is 0.335 e. The van der Waals surface area contributed by atoms with Crippen molar-refractivity contribution < 1.29 is 22.8 Å². The highest BCUT2D eigenvalue weighted by molar-refractivity contribution is 8.00. The predicted molar refractivity (Wildman–Crippen MR) is 104 cm³/mol. The van der Waals surface area contributed by atoms with Crippen molar-refractivity contribution in [1.82, 2.24) is 14.8 Å². The van der Waals surface area contributed by atoms with E-state index in [1.807, 2.05) is 0 Å². The summed E-state index contributed by atoms with van der Waals surface area (Å²) in [6.45, 7) is 0.835. The van der Waals surface area contributed by atoms with Gasteiger partial charge in [0, 0.05) is 59.7 Å². The Hall–Kier alpha value is -1.97. The van der Waals surface area contributed by atoms with Crippen LogP contribution in [0.4, 0.5) is 13.2 Å². The van der Waals surface area contributed by atoms with Gasteiger partial charge in [0.15, 0.2) is 0 Å². The Labute approximate surface area is 178 Å². The van der Waals surface area contributed by atoms with Crippen LogP contribution in [-0.4, -0.2) is 58.3 Å². The molecule has 0 spiro atoms. The number of nitrogens with zero attached hydrogens (tertiary/aromatic N) is 3. The average Bonchev–Trinajstić information content (AvgIpc) is 2.65. The molecule has 0 bridgehead atoms. The molecule has 1 aliphatic heterocycles. The minimum Gasteiger partial charge on any atom is -0.335 e. The lowest BCUT2D eigenvalue weighted by Crippen LogP contribution is -2.50. The Balaban J connectivity index is 1.68. The van der Waals surface area contributed by atoms with Gasteiger partial charge in [0.05, 0.1) is 5.56 Å². The second kappa shape index (κ2) is 8.81. The maximum atomic E-state index is 12.7. The van der Waals surface area contributed by atoms with Crippen molar-refractivity contribution in [2.45, 2.75) is 10.5 Å². The zero-order valence-corrected chi connectivity index (χ0v) is 17.1. The van der Waals surface area contributed by atoms with Crippen LogP contribution in [0.2, 0.25) is 10.0 Å². The first-order chi connectivity index (χ1) is 13.6. The molecule has 0 aliphatic carbocycles. The Bertz CT molecular complexity index is 915. The second-order valence-electron chi connectivity index (χ2n) is 6.15. The van der Waals surface area contributed by atoms with Crippen LogP contribution in [-0.2, 0) is 0 Å². The van der Waals surface area contributed by atoms with Crippen LogP contribution < -0.4 is 0 Å². The van der Waals surface area contributed by atoms with Gasteiger partial charge in [0.1, 0.15) is 5.03 Å². The fourth-order valence-corrected chi connectivity index (χ4v) is 4.01. The summed E-state index contributed by atoms with van der Waals surface area (Å²) in [5, 5.41) is 0.277. The van der Waals surface area contributed by atoms with E-state index in [2.05, 4.69) is 4.98 Å². The van der Waals surface area contributed by atoms with Crippen LogP contribution in [0.25, 0.3) is 0 Å². The molecule has 2 heterocycles. The van der Waals surface area contributed by atoms with E-state index in [-0.39, 0.29) is 37.6 Å². The number of carbonyl (C=O) groups is 2. The van der Waals surface area contributed by atoms with Gasteiger partial charge in [-0.3, -0.25) is 9.59 Å². The van der Waals surface area contributed by atoms with Crippen molar-refractivity contribution in [2.75, 3.05) is 26.2 Å². The van der Waals surface area contributed by atoms with Crippen molar-refractivity contribution in [2.24, 2.45) is 0 Å². The van der Waals surface area contributed by atoms with Crippen LogP contribution >= 0.6 is 35.0 Å². The Morgan fingerprint density at radius 1 is 0.966 bits per heavy atom. The molecule has 1 aromatic heterocycles. The number of thioether (sulfide) groups is 1. The number of benzene rings is 1. The first-order valence-corrected chi connectivity index (χ1v) is 9.97. The first-order valence-electron chi connectivity index (χ1n) is 8.39. The largest absolute Gasteiger partial charge is 0.447 e. The molecule has 154 valence electrons. The van der Waals surface area contributed by atoms with Gasteiger partial charge in [-0.1, -0.05) is 23.2 Å². The minimum atomic E-state index is -4.55. The van der Waals surface area contributed by atoms with Crippen LogP contribution in [0.5, 0.6) is 0 Å². The van der Waals surface area contributed by atoms with Gasteiger partial charge in [0.2, 0.25) is 0 Å². The topological polar surface area (TPSA) is 53.5 Å². The lowest BCUT2D eigenvalue weighted by Gasteiger charge is -2.35. The molecule has 0 radical (unpaired) electrons. The molecule has 0 atom stereocenters. The maximum absolute atomic E-state index is 12.7. The van der Waals surface area contributed by atoms with E-state index in [0.29, 0.717) is 15.6 Å². The van der Waals surface area contributed by atoms with E-state index in [9.17, 15) is 22.8 Å². The number of aromatic nitrogens is 1. The predicted octanol–water partition coefficient (Wildman–Crippen LogP) is 4.60. The number of hydrogen-bond acceptors (Lipinski definition) is 4. The monoisotopic (exact) mass is 463 g/mol. The minimum absolute atomic E-state index is 0.115. The fraction of sp³-hybridized carbons (Fsp3) is 0.278. The molecule has 0 saturated carbocycles. The third-order valence-corrected chi connectivity index (χ3v) is 5.36. The van der Waals surface area contributed by atoms with Crippen molar-refractivity contribution in [3.8, 4) is 0 Å². The molecular weight excluding hydrogens is 450 g/mol. The Morgan fingerprint density at radius 3 is 2.07 bits per heavy atom. The highest BCUT2D eigenvalue weighted by Gasteiger charge is 2.34. The van der Waals surface area contributed by atoms with E-state index in [1.165, 1.54) is 41.4 Å². The third-order valence-electron chi connectivity index (χ3n) is 4.18. The van der Waals surface area contributed by atoms with E-state index >= 15 is 0 Å². The van der Waals surface area contributed by atoms with Gasteiger partial charge in [-0.15, -0.1) is 0 Å². The molecule has 29 heavy (non-hydrogen) atoms. The summed E-state index contributed by atoms with van der Waals surface area (Å²) in [7, 11) is 0. The lowest BCUT2D eigenvalue weighted by molar-refractivity contribution is -0.0329. The Morgan fingerprint density at radius 2 is 1.52 bits per heavy atom. The number of halogens is 5. The van der Waals surface area contributed by atoms with E-state index in [1.54, 1.807) is 4.90 Å². The summed E-state index contributed by atoms with van der Waals surface area (Å²) in [5.74, 6) is -0.834. The standard InChI is InChI=1S/C18H14Cl2F3N3O2S/c19-12-8-11(9-13(20)10-12)16(27)25-4-6-26(7-5-25)17(28)14-2-1-3-24-15(14)29-18(21,22)23/h1-3,8-10H,4-7H2. The van der Waals surface area contributed by atoms with Crippen molar-refractivity contribution >= 4 is 46.8 Å². The molecule has 0 N–H and O–H groups in total. The number of amides is 2. The lowest BCUT2D eigenvalue weighted by atomic mass is 10.1. The third kappa shape index (κ3) is 5.55. The summed E-state index contributed by atoms with van der Waals surface area (Å²) in [4.78, 5) is 32.0. The number of piperazine rings is 1. The van der Waals surface area contributed by atoms with E-state index in [4.69, 9.17) is 23.2 Å².